The molecule has 0 aliphatic carbocycles. The molecule has 0 radical (unpaired) electrons. The molecule has 0 unspecified atom stereocenters. The van der Waals surface area contributed by atoms with Crippen LogP contribution in [0.1, 0.15) is 15.9 Å². The third-order valence-corrected chi connectivity index (χ3v) is 4.38. The zero-order valence-corrected chi connectivity index (χ0v) is 14.4. The summed E-state index contributed by atoms with van der Waals surface area (Å²) in [7, 11) is 0. The third kappa shape index (κ3) is 4.67. The molecule has 1 heterocycles. The second-order valence-electron chi connectivity index (χ2n) is 6.35. The van der Waals surface area contributed by atoms with Gasteiger partial charge in [0.2, 0.25) is 5.91 Å². The molecule has 0 spiro atoms. The van der Waals surface area contributed by atoms with E-state index in [2.05, 4.69) is 10.2 Å². The van der Waals surface area contributed by atoms with Gasteiger partial charge in [-0.3, -0.25) is 14.5 Å². The van der Waals surface area contributed by atoms with Crippen LogP contribution < -0.4 is 5.32 Å². The monoisotopic (exact) mass is 337 g/mol. The molecule has 25 heavy (non-hydrogen) atoms. The maximum Gasteiger partial charge on any atom is 0.253 e. The van der Waals surface area contributed by atoms with Crippen LogP contribution in [0.3, 0.4) is 0 Å². The molecule has 2 aromatic carbocycles. The number of carbonyl (C=O) groups is 2. The predicted octanol–water partition coefficient (Wildman–Crippen LogP) is 2.39. The molecule has 1 aliphatic heterocycles. The molecule has 130 valence electrons. The van der Waals surface area contributed by atoms with Crippen molar-refractivity contribution in [2.75, 3.05) is 38.0 Å². The largest absolute Gasteiger partial charge is 0.336 e. The van der Waals surface area contributed by atoms with Gasteiger partial charge in [0, 0.05) is 37.4 Å². The maximum absolute atomic E-state index is 12.5. The Labute approximate surface area is 148 Å². The number of rotatable bonds is 4. The third-order valence-electron chi connectivity index (χ3n) is 4.38. The number of nitrogens with one attached hydrogen (secondary N) is 1. The van der Waals surface area contributed by atoms with Crippen molar-refractivity contribution < 1.29 is 9.59 Å². The highest BCUT2D eigenvalue weighted by Gasteiger charge is 2.23. The van der Waals surface area contributed by atoms with Gasteiger partial charge in [0.15, 0.2) is 0 Å². The Morgan fingerprint density at radius 3 is 2.20 bits per heavy atom. The van der Waals surface area contributed by atoms with E-state index in [4.69, 9.17) is 0 Å². The lowest BCUT2D eigenvalue weighted by molar-refractivity contribution is -0.117. The topological polar surface area (TPSA) is 52.7 Å². The number of piperazine rings is 1. The average Bonchev–Trinajstić information content (AvgIpc) is 2.63. The summed E-state index contributed by atoms with van der Waals surface area (Å²) < 4.78 is 0. The first-order valence-electron chi connectivity index (χ1n) is 8.55. The summed E-state index contributed by atoms with van der Waals surface area (Å²) >= 11 is 0. The smallest absolute Gasteiger partial charge is 0.253 e. The number of anilines is 1. The van der Waals surface area contributed by atoms with E-state index in [1.54, 1.807) is 0 Å². The predicted molar refractivity (Wildman–Crippen MR) is 98.6 cm³/mol. The van der Waals surface area contributed by atoms with E-state index in [1.165, 1.54) is 0 Å². The number of para-hydroxylation sites is 1. The summed E-state index contributed by atoms with van der Waals surface area (Å²) in [5.41, 5.74) is 2.67. The minimum atomic E-state index is -0.0236. The van der Waals surface area contributed by atoms with E-state index in [-0.39, 0.29) is 11.8 Å². The van der Waals surface area contributed by atoms with E-state index in [0.717, 1.165) is 16.8 Å². The van der Waals surface area contributed by atoms with Crippen LogP contribution in [0, 0.1) is 6.92 Å². The molecule has 5 heteroatoms. The van der Waals surface area contributed by atoms with E-state index in [9.17, 15) is 9.59 Å². The Morgan fingerprint density at radius 2 is 1.56 bits per heavy atom. The molecule has 1 saturated heterocycles. The molecular weight excluding hydrogens is 314 g/mol. The summed E-state index contributed by atoms with van der Waals surface area (Å²) in [6.45, 7) is 5.06. The second kappa shape index (κ2) is 7.94. The molecule has 0 atom stereocenters. The average molecular weight is 337 g/mol. The summed E-state index contributed by atoms with van der Waals surface area (Å²) in [4.78, 5) is 28.6. The number of hydrogen-bond acceptors (Lipinski definition) is 3. The van der Waals surface area contributed by atoms with Crippen LogP contribution in [0.15, 0.2) is 54.6 Å². The van der Waals surface area contributed by atoms with Crippen LogP contribution in [0.5, 0.6) is 0 Å². The molecule has 2 amide bonds. The molecule has 0 bridgehead atoms. The van der Waals surface area contributed by atoms with Gasteiger partial charge in [-0.1, -0.05) is 35.9 Å². The molecular formula is C20H23N3O2. The Balaban J connectivity index is 1.47. The van der Waals surface area contributed by atoms with Gasteiger partial charge in [0.1, 0.15) is 0 Å². The van der Waals surface area contributed by atoms with Crippen LogP contribution in [0.25, 0.3) is 0 Å². The summed E-state index contributed by atoms with van der Waals surface area (Å²) in [6, 6.07) is 17.1. The number of hydrogen-bond donors (Lipinski definition) is 1. The van der Waals surface area contributed by atoms with Crippen molar-refractivity contribution in [3.8, 4) is 0 Å². The minimum Gasteiger partial charge on any atom is -0.336 e. The highest BCUT2D eigenvalue weighted by molar-refractivity contribution is 5.94. The minimum absolute atomic E-state index is 0.0236. The fraction of sp³-hybridized carbons (Fsp3) is 0.300. The van der Waals surface area contributed by atoms with E-state index in [0.29, 0.717) is 32.7 Å². The van der Waals surface area contributed by atoms with Crippen LogP contribution in [0.4, 0.5) is 5.69 Å². The van der Waals surface area contributed by atoms with Crippen molar-refractivity contribution in [1.29, 1.82) is 0 Å². The van der Waals surface area contributed by atoms with Gasteiger partial charge in [-0.15, -0.1) is 0 Å². The highest BCUT2D eigenvalue weighted by atomic mass is 16.2. The van der Waals surface area contributed by atoms with Crippen LogP contribution >= 0.6 is 0 Å². The van der Waals surface area contributed by atoms with Gasteiger partial charge in [0.05, 0.1) is 6.54 Å². The van der Waals surface area contributed by atoms with Crippen LogP contribution in [0.2, 0.25) is 0 Å². The first-order valence-corrected chi connectivity index (χ1v) is 8.55. The molecule has 0 saturated carbocycles. The second-order valence-corrected chi connectivity index (χ2v) is 6.35. The lowest BCUT2D eigenvalue weighted by Crippen LogP contribution is -2.50. The zero-order chi connectivity index (χ0) is 17.6. The number of aryl methyl sites for hydroxylation is 1. The summed E-state index contributed by atoms with van der Waals surface area (Å²) in [6.07, 6.45) is 0. The Bertz CT molecular complexity index is 720. The van der Waals surface area contributed by atoms with E-state index >= 15 is 0 Å². The molecule has 5 nitrogen and oxygen atoms in total. The van der Waals surface area contributed by atoms with Gasteiger partial charge < -0.3 is 10.2 Å². The lowest BCUT2D eigenvalue weighted by Gasteiger charge is -2.34. The first kappa shape index (κ1) is 17.2. The standard InChI is InChI=1S/C20H23N3O2/c1-16-7-9-17(10-8-16)20(25)23-13-11-22(12-14-23)15-19(24)21-18-5-3-2-4-6-18/h2-10H,11-15H2,1H3,(H,21,24). The van der Waals surface area contributed by atoms with Gasteiger partial charge in [-0.2, -0.15) is 0 Å². The number of carbonyl (C=O) groups excluding carboxylic acids is 2. The summed E-state index contributed by atoms with van der Waals surface area (Å²) in [5.74, 6) is 0.0397. The quantitative estimate of drug-likeness (QED) is 0.932. The Kier molecular flexibility index (Phi) is 5.46. The number of amides is 2. The molecule has 1 aliphatic rings. The SMILES string of the molecule is Cc1ccc(C(=O)N2CCN(CC(=O)Nc3ccccc3)CC2)cc1. The van der Waals surface area contributed by atoms with Crippen LogP contribution in [-0.2, 0) is 4.79 Å². The van der Waals surface area contributed by atoms with E-state index < -0.39 is 0 Å². The number of benzene rings is 2. The molecule has 1 N–H and O–H groups in total. The fourth-order valence-corrected chi connectivity index (χ4v) is 2.91. The van der Waals surface area contributed by atoms with Crippen LogP contribution in [-0.4, -0.2) is 54.3 Å². The van der Waals surface area contributed by atoms with Crippen molar-refractivity contribution in [3.05, 3.63) is 65.7 Å². The van der Waals surface area contributed by atoms with Gasteiger partial charge in [-0.05, 0) is 31.2 Å². The first-order chi connectivity index (χ1) is 12.1. The van der Waals surface area contributed by atoms with Crippen molar-refractivity contribution in [2.24, 2.45) is 0 Å². The zero-order valence-electron chi connectivity index (χ0n) is 14.4. The van der Waals surface area contributed by atoms with Crippen molar-refractivity contribution in [3.63, 3.8) is 0 Å². The van der Waals surface area contributed by atoms with Gasteiger partial charge in [0.25, 0.3) is 5.91 Å². The molecule has 3 rings (SSSR count). The van der Waals surface area contributed by atoms with E-state index in [1.807, 2.05) is 66.4 Å². The Morgan fingerprint density at radius 1 is 0.920 bits per heavy atom. The lowest BCUT2D eigenvalue weighted by atomic mass is 10.1. The maximum atomic E-state index is 12.5. The van der Waals surface area contributed by atoms with Crippen molar-refractivity contribution in [2.45, 2.75) is 6.92 Å². The van der Waals surface area contributed by atoms with Gasteiger partial charge >= 0.3 is 0 Å². The molecule has 2 aromatic rings. The molecule has 0 aromatic heterocycles. The fourth-order valence-electron chi connectivity index (χ4n) is 2.91. The van der Waals surface area contributed by atoms with Crippen molar-refractivity contribution >= 4 is 17.5 Å². The summed E-state index contributed by atoms with van der Waals surface area (Å²) in [5, 5.41) is 2.89. The van der Waals surface area contributed by atoms with Crippen molar-refractivity contribution in [1.82, 2.24) is 9.80 Å². The molecule has 1 fully saturated rings. The highest BCUT2D eigenvalue weighted by Crippen LogP contribution is 2.11. The normalized spacial score (nSPS) is 15.0. The Hall–Kier alpha value is -2.66. The van der Waals surface area contributed by atoms with Gasteiger partial charge in [-0.25, -0.2) is 0 Å². The number of nitrogens with zero attached hydrogens (tertiary/aromatic N) is 2.